The average Bonchev–Trinajstić information content (AvgIpc) is 1.00. The molecule has 0 amide bonds. The Morgan fingerprint density at radius 2 is 1.00 bits per heavy atom. The standard InChI is InChI=1S/CH4.H2O2.V/c;1-2;/h1H4;1-2H;. The van der Waals surface area contributed by atoms with Gasteiger partial charge in [0.25, 0.3) is 0 Å². The van der Waals surface area contributed by atoms with Crippen molar-refractivity contribution >= 4 is 0 Å². The molecule has 0 aliphatic carbocycles. The van der Waals surface area contributed by atoms with Crippen molar-refractivity contribution in [2.24, 2.45) is 0 Å². The summed E-state index contributed by atoms with van der Waals surface area (Å²) in [5, 5.41) is 12.0. The molecular weight excluding hydrogens is 95.0 g/mol. The summed E-state index contributed by atoms with van der Waals surface area (Å²) in [4.78, 5) is 0. The fourth-order valence-electron chi connectivity index (χ4n) is 0. The Labute approximate surface area is 37.3 Å². The van der Waals surface area contributed by atoms with Crippen LogP contribution in [0.2, 0.25) is 0 Å². The van der Waals surface area contributed by atoms with Gasteiger partial charge in [-0.3, -0.25) is 10.5 Å². The number of hydrogen-bond acceptors (Lipinski definition) is 2. The second kappa shape index (κ2) is 86.4. The maximum Gasteiger partial charge on any atom is 0 e. The minimum absolute atomic E-state index is 0. The minimum atomic E-state index is 0. The van der Waals surface area contributed by atoms with Crippen molar-refractivity contribution in [3.05, 3.63) is 0 Å². The molecule has 0 heterocycles. The van der Waals surface area contributed by atoms with Gasteiger partial charge < -0.3 is 0 Å². The molecule has 0 spiro atoms. The molecule has 0 aliphatic rings. The molecule has 0 rings (SSSR count). The van der Waals surface area contributed by atoms with Crippen LogP contribution in [0.15, 0.2) is 0 Å². The van der Waals surface area contributed by atoms with Crippen molar-refractivity contribution in [1.29, 1.82) is 0 Å². The zero-order chi connectivity index (χ0) is 2.00. The molecule has 3 heteroatoms. The van der Waals surface area contributed by atoms with Gasteiger partial charge in [-0.25, -0.2) is 0 Å². The Kier molecular flexibility index (Phi) is 528. The van der Waals surface area contributed by atoms with Crippen molar-refractivity contribution in [1.82, 2.24) is 0 Å². The van der Waals surface area contributed by atoms with Crippen molar-refractivity contribution in [3.63, 3.8) is 0 Å². The molecule has 0 saturated carbocycles. The first kappa shape index (κ1) is 24.4. The van der Waals surface area contributed by atoms with E-state index in [-0.39, 0.29) is 26.0 Å². The van der Waals surface area contributed by atoms with Crippen LogP contribution in [0.4, 0.5) is 0 Å². The molecule has 0 aromatic heterocycles. The second-order valence-electron chi connectivity index (χ2n) is 0. The van der Waals surface area contributed by atoms with Crippen LogP contribution in [0.3, 0.4) is 0 Å². The molecule has 0 aliphatic heterocycles. The van der Waals surface area contributed by atoms with Gasteiger partial charge in [0.15, 0.2) is 0 Å². The van der Waals surface area contributed by atoms with E-state index in [0.717, 1.165) is 0 Å². The molecule has 2 N–H and O–H groups in total. The van der Waals surface area contributed by atoms with Gasteiger partial charge in [-0.2, -0.15) is 0 Å². The Hall–Kier alpha value is 0.504. The van der Waals surface area contributed by atoms with Crippen LogP contribution in [-0.2, 0) is 18.6 Å². The maximum absolute atomic E-state index is 6.00. The molecule has 0 aromatic rings. The molecule has 0 bridgehead atoms. The molecule has 0 atom stereocenters. The number of hydrogen-bond donors (Lipinski definition) is 2. The van der Waals surface area contributed by atoms with E-state index in [1.807, 2.05) is 0 Å². The third-order valence-corrected chi connectivity index (χ3v) is 0. The van der Waals surface area contributed by atoms with Gasteiger partial charge in [0.05, 0.1) is 0 Å². The van der Waals surface area contributed by atoms with Gasteiger partial charge in [-0.1, -0.05) is 7.43 Å². The minimum Gasteiger partial charge on any atom is -0.255 e. The van der Waals surface area contributed by atoms with Gasteiger partial charge in [0.1, 0.15) is 0 Å². The van der Waals surface area contributed by atoms with E-state index in [9.17, 15) is 0 Å². The van der Waals surface area contributed by atoms with Crippen LogP contribution in [0.25, 0.3) is 0 Å². The van der Waals surface area contributed by atoms with Gasteiger partial charge in [0.2, 0.25) is 0 Å². The first-order valence-corrected chi connectivity index (χ1v) is 0.200. The van der Waals surface area contributed by atoms with Crippen molar-refractivity contribution < 1.29 is 29.1 Å². The van der Waals surface area contributed by atoms with Gasteiger partial charge in [-0.15, -0.1) is 0 Å². The van der Waals surface area contributed by atoms with Gasteiger partial charge >= 0.3 is 0 Å². The zero-order valence-corrected chi connectivity index (χ0v) is 2.74. The summed E-state index contributed by atoms with van der Waals surface area (Å²) in [6, 6.07) is 0. The van der Waals surface area contributed by atoms with E-state index in [1.54, 1.807) is 0 Å². The quantitative estimate of drug-likeness (QED) is 0.347. The van der Waals surface area contributed by atoms with Crippen LogP contribution in [0.1, 0.15) is 7.43 Å². The third-order valence-electron chi connectivity index (χ3n) is 0. The molecule has 0 aromatic carbocycles. The fraction of sp³-hybridized carbons (Fsp3) is 1.00. The first-order valence-electron chi connectivity index (χ1n) is 0.200. The Bertz CT molecular complexity index is 6.00. The smallest absolute Gasteiger partial charge is 0 e. The van der Waals surface area contributed by atoms with Crippen LogP contribution in [0.5, 0.6) is 0 Å². The van der Waals surface area contributed by atoms with Gasteiger partial charge in [-0.05, 0) is 0 Å². The summed E-state index contributed by atoms with van der Waals surface area (Å²) in [5.74, 6) is 0. The van der Waals surface area contributed by atoms with Gasteiger partial charge in [0, 0.05) is 18.6 Å². The first-order chi connectivity index (χ1) is 1.00. The van der Waals surface area contributed by atoms with Crippen molar-refractivity contribution in [2.45, 2.75) is 7.43 Å². The maximum atomic E-state index is 6.00. The predicted molar refractivity (Wildman–Crippen MR) is 12.0 cm³/mol. The summed E-state index contributed by atoms with van der Waals surface area (Å²) in [6.07, 6.45) is 0. The second-order valence-corrected chi connectivity index (χ2v) is 0. The summed E-state index contributed by atoms with van der Waals surface area (Å²) >= 11 is 0. The van der Waals surface area contributed by atoms with E-state index in [0.29, 0.717) is 0 Å². The summed E-state index contributed by atoms with van der Waals surface area (Å²) < 4.78 is 0. The fourth-order valence-corrected chi connectivity index (χ4v) is 0. The Morgan fingerprint density at radius 1 is 1.00 bits per heavy atom. The topological polar surface area (TPSA) is 40.5 Å². The normalized spacial score (nSPS) is 1.50. The number of rotatable bonds is 0. The van der Waals surface area contributed by atoms with Crippen LogP contribution >= 0.6 is 0 Å². The van der Waals surface area contributed by atoms with E-state index >= 15 is 0 Å². The summed E-state index contributed by atoms with van der Waals surface area (Å²) in [5.41, 5.74) is 0. The van der Waals surface area contributed by atoms with E-state index in [1.165, 1.54) is 0 Å². The molecule has 1 radical (unpaired) electrons. The Morgan fingerprint density at radius 3 is 1.00 bits per heavy atom. The van der Waals surface area contributed by atoms with E-state index in [2.05, 4.69) is 0 Å². The molecule has 27 valence electrons. The van der Waals surface area contributed by atoms with Crippen molar-refractivity contribution in [3.8, 4) is 0 Å². The SMILES string of the molecule is C.OO.[V]. The van der Waals surface area contributed by atoms with Crippen molar-refractivity contribution in [2.75, 3.05) is 0 Å². The van der Waals surface area contributed by atoms with Crippen LogP contribution in [-0.4, -0.2) is 10.5 Å². The summed E-state index contributed by atoms with van der Waals surface area (Å²) in [7, 11) is 0. The molecule has 4 heavy (non-hydrogen) atoms. The predicted octanol–water partition coefficient (Wildman–Crippen LogP) is 0.651. The summed E-state index contributed by atoms with van der Waals surface area (Å²) in [6.45, 7) is 0. The van der Waals surface area contributed by atoms with Crippen LogP contribution in [0, 0.1) is 0 Å². The van der Waals surface area contributed by atoms with E-state index < -0.39 is 0 Å². The molecule has 0 fully saturated rings. The monoisotopic (exact) mass is 101 g/mol. The average molecular weight is 101 g/mol. The molecule has 0 saturated heterocycles. The van der Waals surface area contributed by atoms with E-state index in [4.69, 9.17) is 10.5 Å². The third kappa shape index (κ3) is 22.3. The zero-order valence-electron chi connectivity index (χ0n) is 1.34. The van der Waals surface area contributed by atoms with Crippen LogP contribution < -0.4 is 0 Å². The molecule has 2 nitrogen and oxygen atoms in total. The molecular formula is CH6O2V. The Balaban J connectivity index is -0.00000000500. The molecule has 0 unspecified atom stereocenters. The largest absolute Gasteiger partial charge is 0.255 e.